The predicted molar refractivity (Wildman–Crippen MR) is 78.8 cm³/mol. The zero-order chi connectivity index (χ0) is 13.6. The third kappa shape index (κ3) is 3.48. The van der Waals surface area contributed by atoms with Crippen LogP contribution >= 0.6 is 0 Å². The molecule has 1 saturated carbocycles. The first kappa shape index (κ1) is 14.3. The highest BCUT2D eigenvalue weighted by atomic mass is 15.3. The SMILES string of the molecule is CC1CNC(C2CC2)CN1C(C)(C)CC(C)(C)C. The molecule has 0 radical (unpaired) electrons. The Morgan fingerprint density at radius 2 is 1.72 bits per heavy atom. The minimum absolute atomic E-state index is 0.312. The van der Waals surface area contributed by atoms with Crippen LogP contribution in [0.1, 0.15) is 60.8 Å². The fourth-order valence-corrected chi connectivity index (χ4v) is 3.95. The molecule has 2 atom stereocenters. The molecule has 2 heteroatoms. The maximum atomic E-state index is 3.75. The van der Waals surface area contributed by atoms with E-state index in [1.54, 1.807) is 0 Å². The lowest BCUT2D eigenvalue weighted by Gasteiger charge is -2.50. The van der Waals surface area contributed by atoms with E-state index in [9.17, 15) is 0 Å². The molecule has 2 nitrogen and oxygen atoms in total. The van der Waals surface area contributed by atoms with Gasteiger partial charge in [0.2, 0.25) is 0 Å². The van der Waals surface area contributed by atoms with Crippen LogP contribution in [-0.4, -0.2) is 35.6 Å². The van der Waals surface area contributed by atoms with Gasteiger partial charge in [-0.1, -0.05) is 20.8 Å². The van der Waals surface area contributed by atoms with E-state index in [2.05, 4.69) is 51.8 Å². The molecule has 1 aliphatic heterocycles. The highest BCUT2D eigenvalue weighted by Crippen LogP contribution is 2.38. The van der Waals surface area contributed by atoms with E-state index in [1.165, 1.54) is 25.8 Å². The van der Waals surface area contributed by atoms with Gasteiger partial charge in [0, 0.05) is 30.7 Å². The Morgan fingerprint density at radius 1 is 1.11 bits per heavy atom. The molecule has 1 saturated heterocycles. The molecule has 2 rings (SSSR count). The number of hydrogen-bond acceptors (Lipinski definition) is 2. The molecule has 18 heavy (non-hydrogen) atoms. The molecule has 2 aliphatic rings. The van der Waals surface area contributed by atoms with E-state index in [1.807, 2.05) is 0 Å². The van der Waals surface area contributed by atoms with Crippen molar-refractivity contribution < 1.29 is 0 Å². The molecular formula is C16H32N2. The van der Waals surface area contributed by atoms with Gasteiger partial charge in [0.1, 0.15) is 0 Å². The van der Waals surface area contributed by atoms with E-state index in [0.29, 0.717) is 17.0 Å². The highest BCUT2D eigenvalue weighted by Gasteiger charge is 2.41. The first-order valence-electron chi connectivity index (χ1n) is 7.69. The van der Waals surface area contributed by atoms with Crippen LogP contribution in [-0.2, 0) is 0 Å². The average molecular weight is 252 g/mol. The summed E-state index contributed by atoms with van der Waals surface area (Å²) in [7, 11) is 0. The molecule has 0 aromatic rings. The van der Waals surface area contributed by atoms with Crippen LogP contribution < -0.4 is 5.32 Å². The Labute approximate surface area is 114 Å². The largest absolute Gasteiger partial charge is 0.311 e. The van der Waals surface area contributed by atoms with Crippen LogP contribution in [0.15, 0.2) is 0 Å². The monoisotopic (exact) mass is 252 g/mol. The summed E-state index contributed by atoms with van der Waals surface area (Å²) < 4.78 is 0. The fraction of sp³-hybridized carbons (Fsp3) is 1.00. The molecule has 0 aromatic heterocycles. The molecule has 106 valence electrons. The maximum absolute atomic E-state index is 3.75. The molecular weight excluding hydrogens is 220 g/mol. The van der Waals surface area contributed by atoms with Crippen LogP contribution in [0.5, 0.6) is 0 Å². The third-order valence-electron chi connectivity index (χ3n) is 4.53. The molecule has 1 aliphatic carbocycles. The normalized spacial score (nSPS) is 31.7. The summed E-state index contributed by atoms with van der Waals surface area (Å²) in [6, 6.07) is 1.41. The minimum Gasteiger partial charge on any atom is -0.311 e. The Hall–Kier alpha value is -0.0800. The lowest BCUT2D eigenvalue weighted by atomic mass is 9.79. The van der Waals surface area contributed by atoms with Crippen molar-refractivity contribution in [3.63, 3.8) is 0 Å². The summed E-state index contributed by atoms with van der Waals surface area (Å²) >= 11 is 0. The van der Waals surface area contributed by atoms with Crippen molar-refractivity contribution >= 4 is 0 Å². The van der Waals surface area contributed by atoms with Gasteiger partial charge in [-0.05, 0) is 51.4 Å². The average Bonchev–Trinajstić information content (AvgIpc) is 2.97. The van der Waals surface area contributed by atoms with Crippen molar-refractivity contribution in [3.8, 4) is 0 Å². The molecule has 0 spiro atoms. The third-order valence-corrected chi connectivity index (χ3v) is 4.53. The molecule has 2 unspecified atom stereocenters. The standard InChI is InChI=1S/C16H32N2/c1-12-9-17-14(13-7-8-13)10-18(12)16(5,6)11-15(2,3)4/h12-14,17H,7-11H2,1-6H3. The van der Waals surface area contributed by atoms with Crippen LogP contribution in [0.3, 0.4) is 0 Å². The van der Waals surface area contributed by atoms with Crippen molar-refractivity contribution in [2.45, 2.75) is 78.4 Å². The second-order valence-corrected chi connectivity index (χ2v) is 8.40. The van der Waals surface area contributed by atoms with Gasteiger partial charge in [0.05, 0.1) is 0 Å². The number of nitrogens with one attached hydrogen (secondary N) is 1. The van der Waals surface area contributed by atoms with Gasteiger partial charge in [-0.3, -0.25) is 4.90 Å². The van der Waals surface area contributed by atoms with E-state index < -0.39 is 0 Å². The molecule has 1 heterocycles. The molecule has 1 N–H and O–H groups in total. The van der Waals surface area contributed by atoms with Gasteiger partial charge in [-0.25, -0.2) is 0 Å². The van der Waals surface area contributed by atoms with Crippen LogP contribution in [0.4, 0.5) is 0 Å². The van der Waals surface area contributed by atoms with Crippen molar-refractivity contribution in [2.24, 2.45) is 11.3 Å². The van der Waals surface area contributed by atoms with Crippen LogP contribution in [0, 0.1) is 11.3 Å². The number of nitrogens with zero attached hydrogens (tertiary/aromatic N) is 1. The number of hydrogen-bond donors (Lipinski definition) is 1. The maximum Gasteiger partial charge on any atom is 0.0224 e. The molecule has 0 aromatic carbocycles. The van der Waals surface area contributed by atoms with Crippen molar-refractivity contribution in [3.05, 3.63) is 0 Å². The van der Waals surface area contributed by atoms with Gasteiger partial charge in [0.15, 0.2) is 0 Å². The molecule has 0 bridgehead atoms. The lowest BCUT2D eigenvalue weighted by Crippen LogP contribution is -2.62. The summed E-state index contributed by atoms with van der Waals surface area (Å²) in [6.45, 7) is 16.7. The summed E-state index contributed by atoms with van der Waals surface area (Å²) in [5.74, 6) is 0.963. The van der Waals surface area contributed by atoms with Gasteiger partial charge < -0.3 is 5.32 Å². The fourth-order valence-electron chi connectivity index (χ4n) is 3.95. The van der Waals surface area contributed by atoms with Crippen molar-refractivity contribution in [1.29, 1.82) is 0 Å². The second kappa shape index (κ2) is 4.79. The number of rotatable bonds is 3. The summed E-state index contributed by atoms with van der Waals surface area (Å²) in [5, 5.41) is 3.75. The highest BCUT2D eigenvalue weighted by molar-refractivity contribution is 4.98. The predicted octanol–water partition coefficient (Wildman–Crippen LogP) is 3.27. The molecule has 2 fully saturated rings. The zero-order valence-corrected chi connectivity index (χ0v) is 13.2. The van der Waals surface area contributed by atoms with E-state index in [4.69, 9.17) is 0 Å². The first-order chi connectivity index (χ1) is 8.19. The van der Waals surface area contributed by atoms with Crippen molar-refractivity contribution in [2.75, 3.05) is 13.1 Å². The first-order valence-corrected chi connectivity index (χ1v) is 7.69. The summed E-state index contributed by atoms with van der Waals surface area (Å²) in [5.41, 5.74) is 0.718. The Balaban J connectivity index is 2.03. The number of piperazine rings is 1. The van der Waals surface area contributed by atoms with Crippen LogP contribution in [0.2, 0.25) is 0 Å². The quantitative estimate of drug-likeness (QED) is 0.829. The Kier molecular flexibility index (Phi) is 3.81. The zero-order valence-electron chi connectivity index (χ0n) is 13.2. The van der Waals surface area contributed by atoms with Gasteiger partial charge >= 0.3 is 0 Å². The summed E-state index contributed by atoms with van der Waals surface area (Å²) in [4.78, 5) is 2.76. The second-order valence-electron chi connectivity index (χ2n) is 8.40. The topological polar surface area (TPSA) is 15.3 Å². The lowest BCUT2D eigenvalue weighted by molar-refractivity contribution is 0.0103. The Morgan fingerprint density at radius 3 is 2.22 bits per heavy atom. The molecule has 0 amide bonds. The van der Waals surface area contributed by atoms with E-state index in [0.717, 1.165) is 18.5 Å². The van der Waals surface area contributed by atoms with Gasteiger partial charge in [0.25, 0.3) is 0 Å². The van der Waals surface area contributed by atoms with Crippen LogP contribution in [0.25, 0.3) is 0 Å². The minimum atomic E-state index is 0.312. The van der Waals surface area contributed by atoms with Gasteiger partial charge in [-0.2, -0.15) is 0 Å². The smallest absolute Gasteiger partial charge is 0.0224 e. The van der Waals surface area contributed by atoms with E-state index in [-0.39, 0.29) is 0 Å². The van der Waals surface area contributed by atoms with Crippen molar-refractivity contribution in [1.82, 2.24) is 10.2 Å². The Bertz CT molecular complexity index is 286. The van der Waals surface area contributed by atoms with Gasteiger partial charge in [-0.15, -0.1) is 0 Å². The summed E-state index contributed by atoms with van der Waals surface area (Å²) in [6.07, 6.45) is 4.15. The van der Waals surface area contributed by atoms with E-state index >= 15 is 0 Å².